The lowest BCUT2D eigenvalue weighted by Crippen LogP contribution is -2.21. The van der Waals surface area contributed by atoms with Crippen molar-refractivity contribution in [1.29, 1.82) is 0 Å². The zero-order valence-corrected chi connectivity index (χ0v) is 15.4. The fraction of sp³-hybridized carbons (Fsp3) is 0.400. The van der Waals surface area contributed by atoms with Crippen LogP contribution in [0.5, 0.6) is 0 Å². The molecule has 0 aliphatic carbocycles. The average molecular weight is 338 g/mol. The largest absolute Gasteiger partial charge is 0.339 e. The van der Waals surface area contributed by atoms with Crippen molar-refractivity contribution in [3.05, 3.63) is 35.9 Å². The fourth-order valence-corrected chi connectivity index (χ4v) is 3.55. The third-order valence-corrected chi connectivity index (χ3v) is 4.98. The maximum Gasteiger partial charge on any atom is 0.228 e. The van der Waals surface area contributed by atoms with Crippen LogP contribution in [-0.2, 0) is 11.3 Å². The lowest BCUT2D eigenvalue weighted by atomic mass is 10.0. The second kappa shape index (κ2) is 7.13. The number of nitrogens with one attached hydrogen (secondary N) is 2. The summed E-state index contributed by atoms with van der Waals surface area (Å²) in [4.78, 5) is 12.3. The minimum Gasteiger partial charge on any atom is -0.339 e. The van der Waals surface area contributed by atoms with Crippen molar-refractivity contribution < 1.29 is 4.79 Å². The number of benzene rings is 1. The van der Waals surface area contributed by atoms with Gasteiger partial charge in [0.15, 0.2) is 5.82 Å². The number of carbonyl (C=O) groups excluding carboxylic acids is 1. The number of hydrogen-bond donors (Lipinski definition) is 2. The van der Waals surface area contributed by atoms with Gasteiger partial charge in [0.25, 0.3) is 0 Å². The summed E-state index contributed by atoms with van der Waals surface area (Å²) in [6.07, 6.45) is 1.67. The van der Waals surface area contributed by atoms with Crippen molar-refractivity contribution in [3.8, 4) is 11.4 Å². The number of fused-ring (bicyclic) bond motifs is 1. The summed E-state index contributed by atoms with van der Waals surface area (Å²) in [5, 5.41) is 11.6. The highest BCUT2D eigenvalue weighted by Gasteiger charge is 2.19. The molecule has 132 valence electrons. The van der Waals surface area contributed by atoms with Gasteiger partial charge in [0, 0.05) is 29.4 Å². The van der Waals surface area contributed by atoms with Crippen LogP contribution in [0.2, 0.25) is 0 Å². The summed E-state index contributed by atoms with van der Waals surface area (Å²) < 4.78 is 2.28. The number of rotatable bonds is 6. The van der Waals surface area contributed by atoms with Gasteiger partial charge >= 0.3 is 0 Å². The van der Waals surface area contributed by atoms with Gasteiger partial charge in [-0.05, 0) is 38.3 Å². The summed E-state index contributed by atoms with van der Waals surface area (Å²) in [6.45, 7) is 9.21. The van der Waals surface area contributed by atoms with Crippen molar-refractivity contribution in [3.63, 3.8) is 0 Å². The Morgan fingerprint density at radius 2 is 1.96 bits per heavy atom. The number of para-hydroxylation sites is 1. The summed E-state index contributed by atoms with van der Waals surface area (Å²) in [7, 11) is 0. The van der Waals surface area contributed by atoms with E-state index in [1.807, 2.05) is 19.9 Å². The number of aromatic nitrogens is 3. The van der Waals surface area contributed by atoms with Crippen LogP contribution in [0, 0.1) is 12.8 Å². The normalized spacial score (nSPS) is 11.4. The number of aryl methyl sites for hydroxylation is 2. The molecular weight excluding hydrogens is 312 g/mol. The number of amides is 1. The number of anilines is 1. The second-order valence-corrected chi connectivity index (χ2v) is 6.40. The first-order chi connectivity index (χ1) is 12.1. The van der Waals surface area contributed by atoms with Crippen molar-refractivity contribution in [2.75, 3.05) is 5.32 Å². The van der Waals surface area contributed by atoms with Crippen LogP contribution in [0.25, 0.3) is 22.3 Å². The molecule has 0 aliphatic heterocycles. The molecule has 5 heteroatoms. The topological polar surface area (TPSA) is 62.7 Å². The Kier molecular flexibility index (Phi) is 4.93. The van der Waals surface area contributed by atoms with Crippen LogP contribution < -0.4 is 5.32 Å². The molecule has 0 spiro atoms. The predicted molar refractivity (Wildman–Crippen MR) is 103 cm³/mol. The Hall–Kier alpha value is -2.56. The second-order valence-electron chi connectivity index (χ2n) is 6.40. The van der Waals surface area contributed by atoms with Crippen LogP contribution in [0.15, 0.2) is 30.3 Å². The molecule has 2 N–H and O–H groups in total. The van der Waals surface area contributed by atoms with Crippen LogP contribution in [0.4, 0.5) is 5.82 Å². The van der Waals surface area contributed by atoms with Crippen molar-refractivity contribution >= 4 is 22.6 Å². The van der Waals surface area contributed by atoms with E-state index < -0.39 is 0 Å². The molecule has 3 aromatic rings. The molecular formula is C20H26N4O. The third-order valence-electron chi connectivity index (χ3n) is 4.98. The monoisotopic (exact) mass is 338 g/mol. The predicted octanol–water partition coefficient (Wildman–Crippen LogP) is 4.73. The Balaban J connectivity index is 1.97. The quantitative estimate of drug-likeness (QED) is 0.682. The molecule has 0 saturated carbocycles. The van der Waals surface area contributed by atoms with Crippen molar-refractivity contribution in [2.24, 2.45) is 5.92 Å². The van der Waals surface area contributed by atoms with Crippen LogP contribution in [-0.4, -0.2) is 20.7 Å². The molecule has 2 aromatic heterocycles. The van der Waals surface area contributed by atoms with Gasteiger partial charge in [-0.3, -0.25) is 9.89 Å². The standard InChI is InChI=1S/C20H26N4O/c1-5-14(6-2)20(25)21-18-12-16(22-23-18)19-13(4)15-10-8-9-11-17(15)24(19)7-3/h8-12,14H,5-7H2,1-4H3,(H2,21,22,23,25). The van der Waals surface area contributed by atoms with E-state index in [1.165, 1.54) is 16.5 Å². The average Bonchev–Trinajstić information content (AvgIpc) is 3.18. The molecule has 0 unspecified atom stereocenters. The molecule has 3 rings (SSSR count). The summed E-state index contributed by atoms with van der Waals surface area (Å²) in [5.74, 6) is 0.652. The maximum atomic E-state index is 12.3. The molecule has 25 heavy (non-hydrogen) atoms. The van der Waals surface area contributed by atoms with Gasteiger partial charge in [0.1, 0.15) is 0 Å². The summed E-state index contributed by atoms with van der Waals surface area (Å²) in [6, 6.07) is 10.3. The van der Waals surface area contributed by atoms with Gasteiger partial charge in [-0.15, -0.1) is 0 Å². The Labute approximate surface area is 148 Å². The summed E-state index contributed by atoms with van der Waals surface area (Å²) in [5.41, 5.74) is 4.49. The first-order valence-electron chi connectivity index (χ1n) is 9.05. The van der Waals surface area contributed by atoms with Gasteiger partial charge in [0.2, 0.25) is 5.91 Å². The van der Waals surface area contributed by atoms with Crippen molar-refractivity contribution in [2.45, 2.75) is 47.1 Å². The van der Waals surface area contributed by atoms with Gasteiger partial charge in [-0.25, -0.2) is 0 Å². The zero-order chi connectivity index (χ0) is 18.0. The molecule has 1 aromatic carbocycles. The first-order valence-corrected chi connectivity index (χ1v) is 9.05. The molecule has 2 heterocycles. The van der Waals surface area contributed by atoms with E-state index in [0.29, 0.717) is 5.82 Å². The third kappa shape index (κ3) is 3.06. The molecule has 5 nitrogen and oxygen atoms in total. The fourth-order valence-electron chi connectivity index (χ4n) is 3.55. The van der Waals surface area contributed by atoms with Crippen LogP contribution in [0.3, 0.4) is 0 Å². The van der Waals surface area contributed by atoms with Gasteiger partial charge in [-0.1, -0.05) is 32.0 Å². The molecule has 0 fully saturated rings. The van der Waals surface area contributed by atoms with E-state index in [9.17, 15) is 4.79 Å². The lowest BCUT2D eigenvalue weighted by molar-refractivity contribution is -0.120. The number of carbonyl (C=O) groups is 1. The molecule has 0 saturated heterocycles. The Morgan fingerprint density at radius 1 is 1.24 bits per heavy atom. The smallest absolute Gasteiger partial charge is 0.228 e. The molecule has 1 amide bonds. The highest BCUT2D eigenvalue weighted by Crippen LogP contribution is 2.33. The Bertz CT molecular complexity index is 886. The van der Waals surface area contributed by atoms with E-state index in [-0.39, 0.29) is 11.8 Å². The minimum atomic E-state index is 0.0315. The highest BCUT2D eigenvalue weighted by molar-refractivity contribution is 5.93. The van der Waals surface area contributed by atoms with Gasteiger partial charge < -0.3 is 9.88 Å². The number of nitrogens with zero attached hydrogens (tertiary/aromatic N) is 2. The molecule has 0 bridgehead atoms. The van der Waals surface area contributed by atoms with Crippen LogP contribution >= 0.6 is 0 Å². The Morgan fingerprint density at radius 3 is 2.64 bits per heavy atom. The minimum absolute atomic E-state index is 0.0315. The number of aromatic amines is 1. The van der Waals surface area contributed by atoms with E-state index in [0.717, 1.165) is 30.8 Å². The molecule has 0 radical (unpaired) electrons. The van der Waals surface area contributed by atoms with E-state index in [1.54, 1.807) is 0 Å². The molecule has 0 aliphatic rings. The molecule has 0 atom stereocenters. The van der Waals surface area contributed by atoms with E-state index in [2.05, 4.69) is 58.2 Å². The number of hydrogen-bond acceptors (Lipinski definition) is 2. The first kappa shape index (κ1) is 17.3. The van der Waals surface area contributed by atoms with Gasteiger partial charge in [0.05, 0.1) is 11.4 Å². The van der Waals surface area contributed by atoms with Crippen molar-refractivity contribution in [1.82, 2.24) is 14.8 Å². The van der Waals surface area contributed by atoms with Crippen LogP contribution in [0.1, 0.15) is 39.2 Å². The maximum absolute atomic E-state index is 12.3. The van der Waals surface area contributed by atoms with E-state index >= 15 is 0 Å². The highest BCUT2D eigenvalue weighted by atomic mass is 16.1. The zero-order valence-electron chi connectivity index (χ0n) is 15.4. The lowest BCUT2D eigenvalue weighted by Gasteiger charge is -2.10. The SMILES string of the molecule is CCC(CC)C(=O)Nc1cc(-c2c(C)c3ccccc3n2CC)[nH]n1. The number of H-pyrrole nitrogens is 1. The van der Waals surface area contributed by atoms with E-state index in [4.69, 9.17) is 0 Å². The van der Waals surface area contributed by atoms with Gasteiger partial charge in [-0.2, -0.15) is 5.10 Å². The summed E-state index contributed by atoms with van der Waals surface area (Å²) >= 11 is 0.